The molecular formula is C15H19NO5. The smallest absolute Gasteiger partial charge is 0.372 e. The van der Waals surface area contributed by atoms with E-state index in [1.165, 1.54) is 0 Å². The highest BCUT2D eigenvalue weighted by Crippen LogP contribution is 2.25. The fraction of sp³-hybridized carbons (Fsp3) is 0.400. The fourth-order valence-corrected chi connectivity index (χ4v) is 2.05. The number of fused-ring (bicyclic) bond motifs is 1. The molecule has 0 saturated carbocycles. The maximum Gasteiger partial charge on any atom is 0.372 e. The van der Waals surface area contributed by atoms with E-state index in [0.29, 0.717) is 44.1 Å². The van der Waals surface area contributed by atoms with Crippen molar-refractivity contribution in [1.29, 1.82) is 0 Å². The summed E-state index contributed by atoms with van der Waals surface area (Å²) >= 11 is 0. The summed E-state index contributed by atoms with van der Waals surface area (Å²) in [6.07, 6.45) is 0. The second-order valence-electron chi connectivity index (χ2n) is 4.49. The van der Waals surface area contributed by atoms with E-state index in [9.17, 15) is 9.90 Å². The van der Waals surface area contributed by atoms with E-state index in [4.69, 9.17) is 13.9 Å². The highest BCUT2D eigenvalue weighted by atomic mass is 16.5. The van der Waals surface area contributed by atoms with E-state index in [-0.39, 0.29) is 5.76 Å². The fourth-order valence-electron chi connectivity index (χ4n) is 2.05. The van der Waals surface area contributed by atoms with Gasteiger partial charge in [0, 0.05) is 31.1 Å². The number of aromatic carboxylic acids is 1. The van der Waals surface area contributed by atoms with Crippen LogP contribution < -0.4 is 5.32 Å². The molecule has 0 spiro atoms. The lowest BCUT2D eigenvalue weighted by Gasteiger charge is -2.05. The number of carboxylic acid groups (broad SMARTS) is 1. The van der Waals surface area contributed by atoms with E-state index in [1.54, 1.807) is 13.2 Å². The number of furan rings is 1. The van der Waals surface area contributed by atoms with Crippen molar-refractivity contribution in [1.82, 2.24) is 5.32 Å². The number of para-hydroxylation sites is 1. The van der Waals surface area contributed by atoms with Crippen molar-refractivity contribution in [3.8, 4) is 0 Å². The number of carboxylic acids is 1. The van der Waals surface area contributed by atoms with Gasteiger partial charge in [0.1, 0.15) is 5.58 Å². The molecule has 0 aliphatic rings. The summed E-state index contributed by atoms with van der Waals surface area (Å²) in [5.41, 5.74) is 1.25. The Morgan fingerprint density at radius 1 is 1.29 bits per heavy atom. The van der Waals surface area contributed by atoms with Gasteiger partial charge in [-0.25, -0.2) is 4.79 Å². The van der Waals surface area contributed by atoms with Crippen LogP contribution in [0.5, 0.6) is 0 Å². The van der Waals surface area contributed by atoms with Gasteiger partial charge < -0.3 is 24.3 Å². The standard InChI is InChI=1S/C15H19NO5/c1-19-8-9-20-7-6-16-10-12-11-4-2-3-5-13(11)21-14(12)15(17)18/h2-5,16H,6-10H2,1H3,(H,17,18). The summed E-state index contributed by atoms with van der Waals surface area (Å²) in [5.74, 6) is -1.07. The zero-order valence-electron chi connectivity index (χ0n) is 11.9. The number of rotatable bonds is 9. The summed E-state index contributed by atoms with van der Waals surface area (Å²) in [6, 6.07) is 7.30. The van der Waals surface area contributed by atoms with E-state index in [1.807, 2.05) is 18.2 Å². The van der Waals surface area contributed by atoms with Crippen molar-refractivity contribution < 1.29 is 23.8 Å². The van der Waals surface area contributed by atoms with Crippen LogP contribution in [0, 0.1) is 0 Å². The van der Waals surface area contributed by atoms with Gasteiger partial charge in [-0.1, -0.05) is 18.2 Å². The second-order valence-corrected chi connectivity index (χ2v) is 4.49. The predicted molar refractivity (Wildman–Crippen MR) is 77.6 cm³/mol. The lowest BCUT2D eigenvalue weighted by molar-refractivity contribution is 0.0662. The molecular weight excluding hydrogens is 274 g/mol. The molecule has 21 heavy (non-hydrogen) atoms. The molecule has 0 aliphatic carbocycles. The van der Waals surface area contributed by atoms with Gasteiger partial charge in [-0.2, -0.15) is 0 Å². The molecule has 1 heterocycles. The van der Waals surface area contributed by atoms with Crippen molar-refractivity contribution in [2.24, 2.45) is 0 Å². The Hall–Kier alpha value is -1.89. The van der Waals surface area contributed by atoms with Crippen LogP contribution in [0.1, 0.15) is 16.1 Å². The molecule has 0 saturated heterocycles. The average molecular weight is 293 g/mol. The van der Waals surface area contributed by atoms with E-state index < -0.39 is 5.97 Å². The first-order valence-electron chi connectivity index (χ1n) is 6.75. The minimum atomic E-state index is -1.06. The van der Waals surface area contributed by atoms with Gasteiger partial charge in [0.2, 0.25) is 5.76 Å². The van der Waals surface area contributed by atoms with E-state index in [0.717, 1.165) is 5.39 Å². The number of methoxy groups -OCH3 is 1. The number of hydrogen-bond acceptors (Lipinski definition) is 5. The number of carbonyl (C=O) groups is 1. The number of benzene rings is 1. The molecule has 0 bridgehead atoms. The third-order valence-electron chi connectivity index (χ3n) is 3.05. The minimum absolute atomic E-state index is 0.0102. The molecule has 1 aromatic carbocycles. The molecule has 6 nitrogen and oxygen atoms in total. The first-order valence-corrected chi connectivity index (χ1v) is 6.75. The summed E-state index contributed by atoms with van der Waals surface area (Å²) in [6.45, 7) is 2.71. The van der Waals surface area contributed by atoms with Crippen molar-refractivity contribution in [3.63, 3.8) is 0 Å². The zero-order chi connectivity index (χ0) is 15.1. The molecule has 6 heteroatoms. The van der Waals surface area contributed by atoms with Crippen LogP contribution in [0.25, 0.3) is 11.0 Å². The van der Waals surface area contributed by atoms with E-state index in [2.05, 4.69) is 5.32 Å². The average Bonchev–Trinajstić information content (AvgIpc) is 2.85. The third-order valence-corrected chi connectivity index (χ3v) is 3.05. The molecule has 0 amide bonds. The summed E-state index contributed by atoms with van der Waals surface area (Å²) in [4.78, 5) is 11.2. The monoisotopic (exact) mass is 293 g/mol. The van der Waals surface area contributed by atoms with Gasteiger partial charge in [0.05, 0.1) is 19.8 Å². The molecule has 2 rings (SSSR count). The molecule has 0 fully saturated rings. The van der Waals surface area contributed by atoms with Crippen molar-refractivity contribution in [3.05, 3.63) is 35.6 Å². The van der Waals surface area contributed by atoms with Gasteiger partial charge >= 0.3 is 5.97 Å². The SMILES string of the molecule is COCCOCCNCc1c(C(=O)O)oc2ccccc12. The first-order chi connectivity index (χ1) is 10.2. The van der Waals surface area contributed by atoms with Crippen LogP contribution in [-0.4, -0.2) is 44.6 Å². The lowest BCUT2D eigenvalue weighted by atomic mass is 10.1. The molecule has 1 aromatic heterocycles. The van der Waals surface area contributed by atoms with Crippen molar-refractivity contribution >= 4 is 16.9 Å². The molecule has 114 valence electrons. The topological polar surface area (TPSA) is 80.9 Å². The largest absolute Gasteiger partial charge is 0.475 e. The van der Waals surface area contributed by atoms with Gasteiger partial charge in [0.25, 0.3) is 0 Å². The van der Waals surface area contributed by atoms with Crippen molar-refractivity contribution in [2.45, 2.75) is 6.54 Å². The first kappa shape index (κ1) is 15.5. The van der Waals surface area contributed by atoms with Gasteiger partial charge in [-0.3, -0.25) is 0 Å². The Kier molecular flexibility index (Phi) is 5.74. The Labute approximate surface area is 122 Å². The van der Waals surface area contributed by atoms with Crippen LogP contribution in [0.15, 0.2) is 28.7 Å². The molecule has 0 atom stereocenters. The van der Waals surface area contributed by atoms with Crippen LogP contribution in [0.2, 0.25) is 0 Å². The number of ether oxygens (including phenoxy) is 2. The minimum Gasteiger partial charge on any atom is -0.475 e. The van der Waals surface area contributed by atoms with Gasteiger partial charge in [0.15, 0.2) is 0 Å². The van der Waals surface area contributed by atoms with Gasteiger partial charge in [-0.05, 0) is 6.07 Å². The normalized spacial score (nSPS) is 11.1. The third kappa shape index (κ3) is 4.04. The summed E-state index contributed by atoms with van der Waals surface area (Å²) < 4.78 is 15.6. The number of nitrogens with one attached hydrogen (secondary N) is 1. The summed E-state index contributed by atoms with van der Waals surface area (Å²) in [7, 11) is 1.62. The maximum atomic E-state index is 11.2. The van der Waals surface area contributed by atoms with Crippen LogP contribution in [-0.2, 0) is 16.0 Å². The lowest BCUT2D eigenvalue weighted by Crippen LogP contribution is -2.21. The van der Waals surface area contributed by atoms with Crippen LogP contribution in [0.3, 0.4) is 0 Å². The molecule has 2 aromatic rings. The van der Waals surface area contributed by atoms with E-state index >= 15 is 0 Å². The highest BCUT2D eigenvalue weighted by Gasteiger charge is 2.18. The van der Waals surface area contributed by atoms with Crippen LogP contribution >= 0.6 is 0 Å². The van der Waals surface area contributed by atoms with Crippen molar-refractivity contribution in [2.75, 3.05) is 33.5 Å². The maximum absolute atomic E-state index is 11.2. The zero-order valence-corrected chi connectivity index (χ0v) is 11.9. The molecule has 2 N–H and O–H groups in total. The molecule has 0 aliphatic heterocycles. The van der Waals surface area contributed by atoms with Crippen LogP contribution in [0.4, 0.5) is 0 Å². The quantitative estimate of drug-likeness (QED) is 0.687. The Balaban J connectivity index is 1.94. The van der Waals surface area contributed by atoms with Gasteiger partial charge in [-0.15, -0.1) is 0 Å². The molecule has 0 radical (unpaired) electrons. The predicted octanol–water partition coefficient (Wildman–Crippen LogP) is 1.88. The second kappa shape index (κ2) is 7.78. The Morgan fingerprint density at radius 2 is 2.10 bits per heavy atom. The number of hydrogen-bond donors (Lipinski definition) is 2. The highest BCUT2D eigenvalue weighted by molar-refractivity contribution is 5.95. The Bertz CT molecular complexity index is 593. The molecule has 0 unspecified atom stereocenters. The Morgan fingerprint density at radius 3 is 2.86 bits per heavy atom. The summed E-state index contributed by atoms with van der Waals surface area (Å²) in [5, 5.41) is 13.2.